The molecule has 3 amide bonds. The minimum atomic E-state index is -0.376. The van der Waals surface area contributed by atoms with E-state index in [1.54, 1.807) is 12.3 Å². The van der Waals surface area contributed by atoms with Crippen molar-refractivity contribution in [3.8, 4) is 0 Å². The monoisotopic (exact) mass is 337 g/mol. The number of amides is 3. The first-order valence-electron chi connectivity index (χ1n) is 8.64. The SMILES string of the molecule is O=C(CN1C(=O)[C@H]2CCCC[C@H]2C1=O)Nc1cccc2cccnc12. The first kappa shape index (κ1) is 15.7. The Labute approximate surface area is 145 Å². The van der Waals surface area contributed by atoms with Gasteiger partial charge in [0.2, 0.25) is 17.7 Å². The topological polar surface area (TPSA) is 79.4 Å². The van der Waals surface area contributed by atoms with Gasteiger partial charge in [0.15, 0.2) is 0 Å². The summed E-state index contributed by atoms with van der Waals surface area (Å²) < 4.78 is 0. The molecule has 1 aromatic carbocycles. The van der Waals surface area contributed by atoms with Crippen LogP contribution < -0.4 is 5.32 Å². The molecule has 0 spiro atoms. The van der Waals surface area contributed by atoms with Gasteiger partial charge in [0, 0.05) is 11.6 Å². The highest BCUT2D eigenvalue weighted by Crippen LogP contribution is 2.37. The molecule has 1 N–H and O–H groups in total. The molecule has 4 rings (SSSR count). The summed E-state index contributed by atoms with van der Waals surface area (Å²) in [5, 5.41) is 3.70. The summed E-state index contributed by atoms with van der Waals surface area (Å²) in [6.45, 7) is -0.228. The standard InChI is InChI=1S/C19H19N3O3/c23-16(21-15-9-3-5-12-6-4-10-20-17(12)15)11-22-18(24)13-7-1-2-8-14(13)19(22)25/h3-6,9-10,13-14H,1-2,7-8,11H2,(H,21,23)/t13-,14+. The van der Waals surface area contributed by atoms with Crippen LogP contribution in [0.25, 0.3) is 10.9 Å². The van der Waals surface area contributed by atoms with Gasteiger partial charge in [-0.15, -0.1) is 0 Å². The molecule has 1 aliphatic heterocycles. The van der Waals surface area contributed by atoms with E-state index in [-0.39, 0.29) is 36.1 Å². The minimum absolute atomic E-state index is 0.194. The van der Waals surface area contributed by atoms with Gasteiger partial charge in [-0.3, -0.25) is 24.3 Å². The van der Waals surface area contributed by atoms with Crippen molar-refractivity contribution in [3.63, 3.8) is 0 Å². The van der Waals surface area contributed by atoms with Gasteiger partial charge in [0.25, 0.3) is 0 Å². The van der Waals surface area contributed by atoms with Gasteiger partial charge in [-0.2, -0.15) is 0 Å². The van der Waals surface area contributed by atoms with Gasteiger partial charge in [0.1, 0.15) is 6.54 Å². The second-order valence-corrected chi connectivity index (χ2v) is 6.69. The molecule has 1 aromatic heterocycles. The van der Waals surface area contributed by atoms with E-state index in [1.165, 1.54) is 0 Å². The molecular formula is C19H19N3O3. The molecule has 128 valence electrons. The van der Waals surface area contributed by atoms with Crippen molar-refractivity contribution >= 4 is 34.3 Å². The molecule has 2 fully saturated rings. The van der Waals surface area contributed by atoms with Gasteiger partial charge < -0.3 is 5.32 Å². The Morgan fingerprint density at radius 2 is 1.76 bits per heavy atom. The number of rotatable bonds is 3. The predicted molar refractivity (Wildman–Crippen MR) is 92.5 cm³/mol. The van der Waals surface area contributed by atoms with E-state index in [0.717, 1.165) is 36.0 Å². The lowest BCUT2D eigenvalue weighted by molar-refractivity contribution is -0.142. The first-order chi connectivity index (χ1) is 12.1. The zero-order chi connectivity index (χ0) is 17.4. The van der Waals surface area contributed by atoms with Crippen molar-refractivity contribution in [1.82, 2.24) is 9.88 Å². The number of likely N-dealkylation sites (tertiary alicyclic amines) is 1. The molecule has 0 bridgehead atoms. The van der Waals surface area contributed by atoms with Gasteiger partial charge in [0.05, 0.1) is 23.0 Å². The summed E-state index contributed by atoms with van der Waals surface area (Å²) in [7, 11) is 0. The molecule has 6 heteroatoms. The highest BCUT2D eigenvalue weighted by molar-refractivity contribution is 6.09. The van der Waals surface area contributed by atoms with E-state index in [0.29, 0.717) is 11.2 Å². The van der Waals surface area contributed by atoms with Crippen LogP contribution in [-0.4, -0.2) is 34.2 Å². The lowest BCUT2D eigenvalue weighted by Gasteiger charge is -2.19. The fourth-order valence-corrected chi connectivity index (χ4v) is 3.93. The Morgan fingerprint density at radius 1 is 1.08 bits per heavy atom. The molecule has 2 heterocycles. The minimum Gasteiger partial charge on any atom is -0.323 e. The quantitative estimate of drug-likeness (QED) is 0.872. The number of aromatic nitrogens is 1. The van der Waals surface area contributed by atoms with E-state index in [2.05, 4.69) is 10.3 Å². The average molecular weight is 337 g/mol. The highest BCUT2D eigenvalue weighted by atomic mass is 16.2. The summed E-state index contributed by atoms with van der Waals surface area (Å²) in [6, 6.07) is 9.25. The normalized spacial score (nSPS) is 23.0. The number of hydrogen-bond donors (Lipinski definition) is 1. The number of benzene rings is 1. The lowest BCUT2D eigenvalue weighted by atomic mass is 9.81. The van der Waals surface area contributed by atoms with Crippen molar-refractivity contribution < 1.29 is 14.4 Å². The molecule has 2 atom stereocenters. The number of carbonyl (C=O) groups is 3. The number of hydrogen-bond acceptors (Lipinski definition) is 4. The Balaban J connectivity index is 1.50. The van der Waals surface area contributed by atoms with Crippen molar-refractivity contribution in [2.45, 2.75) is 25.7 Å². The third kappa shape index (κ3) is 2.77. The van der Waals surface area contributed by atoms with Gasteiger partial charge in [-0.25, -0.2) is 0 Å². The molecule has 2 aromatic rings. The number of nitrogens with one attached hydrogen (secondary N) is 1. The van der Waals surface area contributed by atoms with Crippen LogP contribution in [0.5, 0.6) is 0 Å². The number of nitrogens with zero attached hydrogens (tertiary/aromatic N) is 2. The number of anilines is 1. The molecule has 0 radical (unpaired) electrons. The maximum atomic E-state index is 12.5. The predicted octanol–water partition coefficient (Wildman–Crippen LogP) is 2.35. The average Bonchev–Trinajstić information content (AvgIpc) is 2.87. The Hall–Kier alpha value is -2.76. The van der Waals surface area contributed by atoms with Crippen LogP contribution in [0.3, 0.4) is 0 Å². The van der Waals surface area contributed by atoms with E-state index in [9.17, 15) is 14.4 Å². The number of pyridine rings is 1. The van der Waals surface area contributed by atoms with E-state index < -0.39 is 0 Å². The summed E-state index contributed by atoms with van der Waals surface area (Å²) in [4.78, 5) is 42.8. The van der Waals surface area contributed by atoms with E-state index in [4.69, 9.17) is 0 Å². The summed E-state index contributed by atoms with van der Waals surface area (Å²) >= 11 is 0. The van der Waals surface area contributed by atoms with E-state index in [1.807, 2.05) is 24.3 Å². The van der Waals surface area contributed by atoms with Gasteiger partial charge in [-0.05, 0) is 25.0 Å². The number of imide groups is 1. The van der Waals surface area contributed by atoms with Crippen LogP contribution in [0.1, 0.15) is 25.7 Å². The van der Waals surface area contributed by atoms with Crippen LogP contribution in [0.15, 0.2) is 36.5 Å². The number of para-hydroxylation sites is 1. The summed E-state index contributed by atoms with van der Waals surface area (Å²) in [6.07, 6.45) is 5.11. The fourth-order valence-electron chi connectivity index (χ4n) is 3.93. The largest absolute Gasteiger partial charge is 0.323 e. The van der Waals surface area contributed by atoms with Crippen LogP contribution in [-0.2, 0) is 14.4 Å². The van der Waals surface area contributed by atoms with Crippen LogP contribution in [0.2, 0.25) is 0 Å². The summed E-state index contributed by atoms with van der Waals surface area (Å²) in [5.41, 5.74) is 1.27. The zero-order valence-corrected chi connectivity index (χ0v) is 13.8. The van der Waals surface area contributed by atoms with Crippen molar-refractivity contribution in [2.24, 2.45) is 11.8 Å². The van der Waals surface area contributed by atoms with Crippen molar-refractivity contribution in [1.29, 1.82) is 0 Å². The maximum Gasteiger partial charge on any atom is 0.244 e. The zero-order valence-electron chi connectivity index (χ0n) is 13.8. The van der Waals surface area contributed by atoms with Crippen LogP contribution in [0, 0.1) is 11.8 Å². The Bertz CT molecular complexity index is 835. The van der Waals surface area contributed by atoms with Gasteiger partial charge >= 0.3 is 0 Å². The van der Waals surface area contributed by atoms with Gasteiger partial charge in [-0.1, -0.05) is 31.0 Å². The van der Waals surface area contributed by atoms with Crippen LogP contribution in [0.4, 0.5) is 5.69 Å². The van der Waals surface area contributed by atoms with E-state index >= 15 is 0 Å². The lowest BCUT2D eigenvalue weighted by Crippen LogP contribution is -2.38. The summed E-state index contributed by atoms with van der Waals surface area (Å²) in [5.74, 6) is -1.22. The third-order valence-corrected chi connectivity index (χ3v) is 5.14. The second kappa shape index (κ2) is 6.27. The van der Waals surface area contributed by atoms with Crippen LogP contribution >= 0.6 is 0 Å². The molecule has 1 saturated heterocycles. The molecule has 1 aliphatic carbocycles. The molecular weight excluding hydrogens is 318 g/mol. The molecule has 25 heavy (non-hydrogen) atoms. The number of fused-ring (bicyclic) bond motifs is 2. The van der Waals surface area contributed by atoms with Crippen molar-refractivity contribution in [3.05, 3.63) is 36.5 Å². The Kier molecular flexibility index (Phi) is 3.95. The molecule has 2 aliphatic rings. The second-order valence-electron chi connectivity index (χ2n) is 6.69. The molecule has 0 unspecified atom stereocenters. The highest BCUT2D eigenvalue weighted by Gasteiger charge is 2.48. The van der Waals surface area contributed by atoms with Crippen molar-refractivity contribution in [2.75, 3.05) is 11.9 Å². The molecule has 6 nitrogen and oxygen atoms in total. The third-order valence-electron chi connectivity index (χ3n) is 5.14. The first-order valence-corrected chi connectivity index (χ1v) is 8.64. The smallest absolute Gasteiger partial charge is 0.244 e. The molecule has 1 saturated carbocycles. The maximum absolute atomic E-state index is 12.5. The fraction of sp³-hybridized carbons (Fsp3) is 0.368. The number of carbonyl (C=O) groups excluding carboxylic acids is 3. The Morgan fingerprint density at radius 3 is 2.48 bits per heavy atom.